The van der Waals surface area contributed by atoms with Crippen LogP contribution in [-0.4, -0.2) is 10.8 Å². The van der Waals surface area contributed by atoms with Crippen LogP contribution in [0, 0.1) is 0 Å². The van der Waals surface area contributed by atoms with Crippen LogP contribution in [-0.2, 0) is 0 Å². The van der Waals surface area contributed by atoms with Gasteiger partial charge in [0, 0.05) is 23.5 Å². The van der Waals surface area contributed by atoms with Crippen molar-refractivity contribution >= 4 is 5.78 Å². The van der Waals surface area contributed by atoms with Crippen LogP contribution >= 0.6 is 0 Å². The number of aromatic nitrogens is 1. The smallest absolute Gasteiger partial charge is 0.194 e. The minimum atomic E-state index is 0.0217. The number of hydrogen-bond donors (Lipinski definition) is 0. The summed E-state index contributed by atoms with van der Waals surface area (Å²) in [6, 6.07) is 11.3. The van der Waals surface area contributed by atoms with Crippen LogP contribution in [0.4, 0.5) is 0 Å². The Morgan fingerprint density at radius 3 is 2.29 bits per heavy atom. The topological polar surface area (TPSA) is 30.0 Å². The van der Waals surface area contributed by atoms with Crippen LogP contribution in [0.5, 0.6) is 0 Å². The molecule has 0 bridgehead atoms. The van der Waals surface area contributed by atoms with E-state index in [1.807, 2.05) is 24.3 Å². The zero-order chi connectivity index (χ0) is 12.3. The Morgan fingerprint density at radius 1 is 1.06 bits per heavy atom. The van der Waals surface area contributed by atoms with Crippen molar-refractivity contribution in [2.45, 2.75) is 19.8 Å². The van der Waals surface area contributed by atoms with Crippen molar-refractivity contribution in [2.75, 3.05) is 0 Å². The van der Waals surface area contributed by atoms with E-state index in [-0.39, 0.29) is 5.78 Å². The maximum absolute atomic E-state index is 12.1. The van der Waals surface area contributed by atoms with Gasteiger partial charge in [0.15, 0.2) is 5.78 Å². The molecule has 1 aromatic carbocycles. The molecule has 17 heavy (non-hydrogen) atoms. The van der Waals surface area contributed by atoms with Crippen molar-refractivity contribution in [2.24, 2.45) is 0 Å². The summed E-state index contributed by atoms with van der Waals surface area (Å²) in [6.45, 7) is 4.27. The second-order valence-electron chi connectivity index (χ2n) is 4.35. The third kappa shape index (κ3) is 2.59. The fourth-order valence-electron chi connectivity index (χ4n) is 1.68. The normalized spacial score (nSPS) is 10.5. The van der Waals surface area contributed by atoms with E-state index >= 15 is 0 Å². The van der Waals surface area contributed by atoms with Gasteiger partial charge in [0.2, 0.25) is 0 Å². The fourth-order valence-corrected chi connectivity index (χ4v) is 1.68. The molecule has 0 aliphatic rings. The summed E-state index contributed by atoms with van der Waals surface area (Å²) < 4.78 is 0. The molecule has 0 saturated heterocycles. The van der Waals surface area contributed by atoms with Crippen molar-refractivity contribution in [3.63, 3.8) is 0 Å². The summed E-state index contributed by atoms with van der Waals surface area (Å²) >= 11 is 0. The van der Waals surface area contributed by atoms with E-state index in [1.165, 1.54) is 5.56 Å². The summed E-state index contributed by atoms with van der Waals surface area (Å²) in [5, 5.41) is 0. The molecule has 0 aliphatic heterocycles. The standard InChI is InChI=1S/C15H15NO/c1-11(2)12-5-7-13(8-6-12)15(17)14-4-3-9-16-10-14/h3-11H,1-2H3. The summed E-state index contributed by atoms with van der Waals surface area (Å²) in [6.07, 6.45) is 3.26. The highest BCUT2D eigenvalue weighted by Crippen LogP contribution is 2.16. The fraction of sp³-hybridized carbons (Fsp3) is 0.200. The molecule has 0 aliphatic carbocycles. The van der Waals surface area contributed by atoms with E-state index in [1.54, 1.807) is 24.5 Å². The molecule has 86 valence electrons. The van der Waals surface area contributed by atoms with Crippen molar-refractivity contribution < 1.29 is 4.79 Å². The highest BCUT2D eigenvalue weighted by atomic mass is 16.1. The first kappa shape index (κ1) is 11.5. The molecule has 0 spiro atoms. The van der Waals surface area contributed by atoms with Crippen LogP contribution in [0.15, 0.2) is 48.8 Å². The lowest BCUT2D eigenvalue weighted by atomic mass is 9.99. The first-order valence-electron chi connectivity index (χ1n) is 5.73. The Balaban J connectivity index is 2.27. The number of carbonyl (C=O) groups excluding carboxylic acids is 1. The van der Waals surface area contributed by atoms with Gasteiger partial charge in [-0.3, -0.25) is 9.78 Å². The van der Waals surface area contributed by atoms with E-state index < -0.39 is 0 Å². The van der Waals surface area contributed by atoms with Crippen LogP contribution in [0.3, 0.4) is 0 Å². The molecular formula is C15H15NO. The number of nitrogens with zero attached hydrogens (tertiary/aromatic N) is 1. The minimum Gasteiger partial charge on any atom is -0.289 e. The van der Waals surface area contributed by atoms with Gasteiger partial charge in [-0.2, -0.15) is 0 Å². The maximum atomic E-state index is 12.1. The average Bonchev–Trinajstić information content (AvgIpc) is 2.39. The summed E-state index contributed by atoms with van der Waals surface area (Å²) in [7, 11) is 0. The van der Waals surface area contributed by atoms with Gasteiger partial charge in [0.25, 0.3) is 0 Å². The third-order valence-corrected chi connectivity index (χ3v) is 2.76. The van der Waals surface area contributed by atoms with Gasteiger partial charge in [0.05, 0.1) is 0 Å². The average molecular weight is 225 g/mol. The molecule has 1 aromatic heterocycles. The van der Waals surface area contributed by atoms with Crippen LogP contribution in [0.25, 0.3) is 0 Å². The Hall–Kier alpha value is -1.96. The SMILES string of the molecule is CC(C)c1ccc(C(=O)c2cccnc2)cc1. The van der Waals surface area contributed by atoms with Crippen molar-refractivity contribution in [3.8, 4) is 0 Å². The number of benzene rings is 1. The second-order valence-corrected chi connectivity index (χ2v) is 4.35. The van der Waals surface area contributed by atoms with Crippen LogP contribution in [0.1, 0.15) is 41.3 Å². The van der Waals surface area contributed by atoms with Gasteiger partial charge in [-0.05, 0) is 23.6 Å². The number of carbonyl (C=O) groups is 1. The summed E-state index contributed by atoms with van der Waals surface area (Å²) in [4.78, 5) is 16.0. The largest absolute Gasteiger partial charge is 0.289 e. The lowest BCUT2D eigenvalue weighted by Gasteiger charge is -2.06. The summed E-state index contributed by atoms with van der Waals surface area (Å²) in [5.41, 5.74) is 2.58. The Morgan fingerprint density at radius 2 is 1.76 bits per heavy atom. The quantitative estimate of drug-likeness (QED) is 0.749. The Kier molecular flexibility index (Phi) is 3.33. The van der Waals surface area contributed by atoms with Crippen molar-refractivity contribution in [1.82, 2.24) is 4.98 Å². The van der Waals surface area contributed by atoms with Gasteiger partial charge in [0.1, 0.15) is 0 Å². The van der Waals surface area contributed by atoms with Crippen LogP contribution < -0.4 is 0 Å². The summed E-state index contributed by atoms with van der Waals surface area (Å²) in [5.74, 6) is 0.506. The Labute approximate surface area is 101 Å². The molecule has 1 heterocycles. The number of rotatable bonds is 3. The molecule has 0 N–H and O–H groups in total. The first-order valence-corrected chi connectivity index (χ1v) is 5.73. The first-order chi connectivity index (χ1) is 8.18. The molecule has 0 amide bonds. The highest BCUT2D eigenvalue weighted by molar-refractivity contribution is 6.08. The predicted molar refractivity (Wildman–Crippen MR) is 68.2 cm³/mol. The predicted octanol–water partition coefficient (Wildman–Crippen LogP) is 3.44. The van der Waals surface area contributed by atoms with Gasteiger partial charge in [-0.1, -0.05) is 38.1 Å². The third-order valence-electron chi connectivity index (χ3n) is 2.76. The molecule has 0 fully saturated rings. The lowest BCUT2D eigenvalue weighted by molar-refractivity contribution is 0.103. The van der Waals surface area contributed by atoms with E-state index in [9.17, 15) is 4.79 Å². The number of ketones is 1. The molecular weight excluding hydrogens is 210 g/mol. The van der Waals surface area contributed by atoms with E-state index in [4.69, 9.17) is 0 Å². The number of pyridine rings is 1. The van der Waals surface area contributed by atoms with Gasteiger partial charge < -0.3 is 0 Å². The molecule has 2 nitrogen and oxygen atoms in total. The zero-order valence-electron chi connectivity index (χ0n) is 10.1. The van der Waals surface area contributed by atoms with Crippen LogP contribution in [0.2, 0.25) is 0 Å². The van der Waals surface area contributed by atoms with E-state index in [2.05, 4.69) is 18.8 Å². The van der Waals surface area contributed by atoms with E-state index in [0.717, 1.165) is 0 Å². The molecule has 0 saturated carbocycles. The minimum absolute atomic E-state index is 0.0217. The van der Waals surface area contributed by atoms with Gasteiger partial charge in [-0.15, -0.1) is 0 Å². The molecule has 2 heteroatoms. The van der Waals surface area contributed by atoms with Crippen molar-refractivity contribution in [3.05, 3.63) is 65.5 Å². The second kappa shape index (κ2) is 4.91. The molecule has 0 atom stereocenters. The lowest BCUT2D eigenvalue weighted by Crippen LogP contribution is -2.01. The highest BCUT2D eigenvalue weighted by Gasteiger charge is 2.09. The van der Waals surface area contributed by atoms with E-state index in [0.29, 0.717) is 17.0 Å². The van der Waals surface area contributed by atoms with Gasteiger partial charge in [-0.25, -0.2) is 0 Å². The molecule has 2 rings (SSSR count). The zero-order valence-corrected chi connectivity index (χ0v) is 10.1. The monoisotopic (exact) mass is 225 g/mol. The molecule has 2 aromatic rings. The number of hydrogen-bond acceptors (Lipinski definition) is 2. The van der Waals surface area contributed by atoms with Gasteiger partial charge >= 0.3 is 0 Å². The maximum Gasteiger partial charge on any atom is 0.194 e. The van der Waals surface area contributed by atoms with Crippen molar-refractivity contribution in [1.29, 1.82) is 0 Å². The Bertz CT molecular complexity index is 500. The molecule has 0 radical (unpaired) electrons. The molecule has 0 unspecified atom stereocenters.